The number of carbonyl (C=O) groups excluding carboxylic acids is 1. The maximum absolute atomic E-state index is 11.5. The molecule has 0 fully saturated rings. The molecule has 2 nitrogen and oxygen atoms in total. The highest BCUT2D eigenvalue weighted by Gasteiger charge is 2.38. The van der Waals surface area contributed by atoms with E-state index < -0.39 is 5.60 Å². The summed E-state index contributed by atoms with van der Waals surface area (Å²) in [4.78, 5) is 11.5. The van der Waals surface area contributed by atoms with E-state index in [1.54, 1.807) is 0 Å². The first-order chi connectivity index (χ1) is 9.77. The topological polar surface area (TPSA) is 26.3 Å². The van der Waals surface area contributed by atoms with Crippen LogP contribution in [0.2, 0.25) is 0 Å². The highest BCUT2D eigenvalue weighted by Crippen LogP contribution is 2.39. The molecule has 0 radical (unpaired) electrons. The number of carbonyl (C=O) groups is 1. The van der Waals surface area contributed by atoms with E-state index >= 15 is 0 Å². The van der Waals surface area contributed by atoms with E-state index in [1.807, 2.05) is 6.08 Å². The van der Waals surface area contributed by atoms with Gasteiger partial charge in [-0.1, -0.05) is 45.0 Å². The van der Waals surface area contributed by atoms with Crippen LogP contribution in [-0.4, -0.2) is 11.6 Å². The van der Waals surface area contributed by atoms with Crippen molar-refractivity contribution in [3.8, 4) is 0 Å². The molecule has 1 aliphatic rings. The number of esters is 1. The van der Waals surface area contributed by atoms with Gasteiger partial charge >= 0.3 is 5.97 Å². The molecule has 21 heavy (non-hydrogen) atoms. The number of ether oxygens (including phenoxy) is 1. The van der Waals surface area contributed by atoms with Crippen LogP contribution in [0.15, 0.2) is 30.9 Å². The fourth-order valence-corrected chi connectivity index (χ4v) is 3.42. The van der Waals surface area contributed by atoms with Crippen LogP contribution >= 0.6 is 0 Å². The Balaban J connectivity index is 2.45. The molecule has 1 unspecified atom stereocenters. The van der Waals surface area contributed by atoms with E-state index in [2.05, 4.69) is 45.5 Å². The molecule has 1 aromatic rings. The fraction of sp³-hybridized carbons (Fsp3) is 0.526. The Morgan fingerprint density at radius 1 is 1.43 bits per heavy atom. The molecule has 2 heteroatoms. The molecule has 0 bridgehead atoms. The first-order valence-electron chi connectivity index (χ1n) is 7.69. The molecule has 0 saturated carbocycles. The van der Waals surface area contributed by atoms with Gasteiger partial charge in [-0.25, -0.2) is 0 Å². The van der Waals surface area contributed by atoms with Crippen molar-refractivity contribution in [1.82, 2.24) is 0 Å². The first kappa shape index (κ1) is 15.8. The Labute approximate surface area is 128 Å². The molecule has 0 aliphatic heterocycles. The smallest absolute Gasteiger partial charge is 0.303 e. The van der Waals surface area contributed by atoms with Crippen molar-refractivity contribution in [2.24, 2.45) is 0 Å². The van der Waals surface area contributed by atoms with Crippen LogP contribution in [0.1, 0.15) is 57.2 Å². The molecule has 0 spiro atoms. The van der Waals surface area contributed by atoms with Crippen LogP contribution in [0.4, 0.5) is 0 Å². The average molecular weight is 286 g/mol. The van der Waals surface area contributed by atoms with Crippen LogP contribution in [0, 0.1) is 0 Å². The molecule has 1 aliphatic carbocycles. The lowest BCUT2D eigenvalue weighted by atomic mass is 9.72. The number of aryl methyl sites for hydroxylation is 1. The molecular formula is C19H26O2. The molecular weight excluding hydrogens is 260 g/mol. The molecule has 1 aromatic carbocycles. The van der Waals surface area contributed by atoms with Gasteiger partial charge in [-0.2, -0.15) is 0 Å². The molecule has 114 valence electrons. The van der Waals surface area contributed by atoms with Crippen molar-refractivity contribution in [3.05, 3.63) is 47.5 Å². The highest BCUT2D eigenvalue weighted by molar-refractivity contribution is 5.66. The Bertz CT molecular complexity index is 551. The van der Waals surface area contributed by atoms with Crippen LogP contribution in [-0.2, 0) is 27.8 Å². The van der Waals surface area contributed by atoms with E-state index in [9.17, 15) is 4.79 Å². The number of hydrogen-bond acceptors (Lipinski definition) is 2. The minimum atomic E-state index is -0.415. The fourth-order valence-electron chi connectivity index (χ4n) is 3.42. The lowest BCUT2D eigenvalue weighted by Gasteiger charge is -2.39. The average Bonchev–Trinajstić information content (AvgIpc) is 2.36. The number of rotatable bonds is 3. The van der Waals surface area contributed by atoms with E-state index in [0.29, 0.717) is 6.42 Å². The van der Waals surface area contributed by atoms with Crippen LogP contribution in [0.25, 0.3) is 0 Å². The molecule has 0 amide bonds. The summed E-state index contributed by atoms with van der Waals surface area (Å²) in [7, 11) is 0. The zero-order valence-electron chi connectivity index (χ0n) is 13.7. The van der Waals surface area contributed by atoms with E-state index in [4.69, 9.17) is 4.74 Å². The van der Waals surface area contributed by atoms with Crippen molar-refractivity contribution < 1.29 is 9.53 Å². The minimum absolute atomic E-state index is 0.0961. The molecule has 1 atom stereocenters. The van der Waals surface area contributed by atoms with Crippen molar-refractivity contribution >= 4 is 5.97 Å². The van der Waals surface area contributed by atoms with Crippen molar-refractivity contribution in [1.29, 1.82) is 0 Å². The normalized spacial score (nSPS) is 21.5. The third-order valence-electron chi connectivity index (χ3n) is 4.31. The van der Waals surface area contributed by atoms with Gasteiger partial charge in [0.25, 0.3) is 0 Å². The minimum Gasteiger partial charge on any atom is -0.459 e. The second-order valence-electron chi connectivity index (χ2n) is 7.14. The summed E-state index contributed by atoms with van der Waals surface area (Å²) < 4.78 is 5.73. The van der Waals surface area contributed by atoms with E-state index in [1.165, 1.54) is 23.6 Å². The summed E-state index contributed by atoms with van der Waals surface area (Å²) in [6, 6.07) is 6.55. The van der Waals surface area contributed by atoms with Gasteiger partial charge in [0, 0.05) is 19.8 Å². The molecule has 0 heterocycles. The van der Waals surface area contributed by atoms with Gasteiger partial charge in [0.05, 0.1) is 0 Å². The zero-order valence-corrected chi connectivity index (χ0v) is 13.7. The van der Waals surface area contributed by atoms with E-state index in [0.717, 1.165) is 19.3 Å². The SMILES string of the molecule is C=CCC1(OC(C)=O)CCc2cccc(C(C)(C)C)c2C1. The van der Waals surface area contributed by atoms with Gasteiger partial charge in [-0.05, 0) is 34.9 Å². The molecule has 0 aromatic heterocycles. The lowest BCUT2D eigenvalue weighted by molar-refractivity contribution is -0.158. The summed E-state index contributed by atoms with van der Waals surface area (Å²) >= 11 is 0. The quantitative estimate of drug-likeness (QED) is 0.610. The van der Waals surface area contributed by atoms with Gasteiger partial charge in [0.15, 0.2) is 0 Å². The first-order valence-corrected chi connectivity index (χ1v) is 7.69. The summed E-state index contributed by atoms with van der Waals surface area (Å²) in [6.45, 7) is 12.0. The third kappa shape index (κ3) is 3.37. The monoisotopic (exact) mass is 286 g/mol. The van der Waals surface area contributed by atoms with Gasteiger partial charge in [-0.3, -0.25) is 4.79 Å². The van der Waals surface area contributed by atoms with Gasteiger partial charge in [-0.15, -0.1) is 6.58 Å². The maximum atomic E-state index is 11.5. The Hall–Kier alpha value is -1.57. The Kier molecular flexibility index (Phi) is 4.27. The molecule has 0 saturated heterocycles. The van der Waals surface area contributed by atoms with Gasteiger partial charge < -0.3 is 4.74 Å². The van der Waals surface area contributed by atoms with E-state index in [-0.39, 0.29) is 11.4 Å². The van der Waals surface area contributed by atoms with Gasteiger partial charge in [0.2, 0.25) is 0 Å². The zero-order chi connectivity index (χ0) is 15.7. The summed E-state index contributed by atoms with van der Waals surface area (Å²) in [5.74, 6) is -0.200. The van der Waals surface area contributed by atoms with Crippen molar-refractivity contribution in [3.63, 3.8) is 0 Å². The van der Waals surface area contributed by atoms with Crippen molar-refractivity contribution in [2.75, 3.05) is 0 Å². The van der Waals surface area contributed by atoms with Crippen LogP contribution in [0.3, 0.4) is 0 Å². The second kappa shape index (κ2) is 5.67. The van der Waals surface area contributed by atoms with Crippen LogP contribution in [0.5, 0.6) is 0 Å². The highest BCUT2D eigenvalue weighted by atomic mass is 16.6. The number of hydrogen-bond donors (Lipinski definition) is 0. The second-order valence-corrected chi connectivity index (χ2v) is 7.14. The standard InChI is InChI=1S/C19H26O2/c1-6-11-19(21-14(2)20)12-10-15-8-7-9-17(16(15)13-19)18(3,4)5/h6-9H,1,10-13H2,2-5H3. The maximum Gasteiger partial charge on any atom is 0.303 e. The number of fused-ring (bicyclic) bond motifs is 1. The largest absolute Gasteiger partial charge is 0.459 e. The Morgan fingerprint density at radius 3 is 2.71 bits per heavy atom. The predicted octanol–water partition coefficient (Wildman–Crippen LogP) is 4.35. The predicted molar refractivity (Wildman–Crippen MR) is 86.5 cm³/mol. The van der Waals surface area contributed by atoms with Gasteiger partial charge in [0.1, 0.15) is 5.60 Å². The van der Waals surface area contributed by atoms with Crippen molar-refractivity contribution in [2.45, 2.75) is 64.4 Å². The summed E-state index contributed by atoms with van der Waals surface area (Å²) in [5, 5.41) is 0. The summed E-state index contributed by atoms with van der Waals surface area (Å²) in [5.41, 5.74) is 3.80. The third-order valence-corrected chi connectivity index (χ3v) is 4.31. The Morgan fingerprint density at radius 2 is 2.14 bits per heavy atom. The molecule has 2 rings (SSSR count). The van der Waals surface area contributed by atoms with Crippen LogP contribution < -0.4 is 0 Å². The summed E-state index contributed by atoms with van der Waals surface area (Å²) in [6.07, 6.45) is 5.21. The number of benzene rings is 1. The molecule has 0 N–H and O–H groups in total. The lowest BCUT2D eigenvalue weighted by Crippen LogP contribution is -2.41.